The van der Waals surface area contributed by atoms with Crippen LogP contribution in [-0.4, -0.2) is 37.5 Å². The first-order chi connectivity index (χ1) is 8.98. The van der Waals surface area contributed by atoms with Crippen molar-refractivity contribution in [2.75, 3.05) is 19.7 Å². The third-order valence-electron chi connectivity index (χ3n) is 3.57. The topological polar surface area (TPSA) is 81.4 Å². The van der Waals surface area contributed by atoms with E-state index in [0.29, 0.717) is 18.7 Å². The molecule has 2 atom stereocenters. The second kappa shape index (κ2) is 5.29. The first-order valence-electron chi connectivity index (χ1n) is 6.10. The fourth-order valence-corrected chi connectivity index (χ4v) is 3.94. The van der Waals surface area contributed by atoms with E-state index in [0.717, 1.165) is 0 Å². The summed E-state index contributed by atoms with van der Waals surface area (Å²) in [5, 5.41) is 18.0. The zero-order valence-corrected chi connectivity index (χ0v) is 11.5. The lowest BCUT2D eigenvalue weighted by atomic mass is 10.00. The van der Waals surface area contributed by atoms with Crippen LogP contribution in [0.2, 0.25) is 0 Å². The van der Waals surface area contributed by atoms with Crippen molar-refractivity contribution in [3.63, 3.8) is 0 Å². The summed E-state index contributed by atoms with van der Waals surface area (Å²) in [5.41, 5.74) is 0.326. The average molecular weight is 280 g/mol. The number of nitriles is 1. The Morgan fingerprint density at radius 3 is 2.79 bits per heavy atom. The van der Waals surface area contributed by atoms with E-state index in [2.05, 4.69) is 0 Å². The number of aliphatic hydroxyl groups is 1. The first-order valence-corrected chi connectivity index (χ1v) is 7.54. The molecule has 19 heavy (non-hydrogen) atoms. The van der Waals surface area contributed by atoms with Crippen molar-refractivity contribution < 1.29 is 13.5 Å². The van der Waals surface area contributed by atoms with E-state index in [9.17, 15) is 13.5 Å². The van der Waals surface area contributed by atoms with Crippen molar-refractivity contribution in [3.8, 4) is 6.07 Å². The minimum atomic E-state index is -3.58. The predicted molar refractivity (Wildman–Crippen MR) is 69.7 cm³/mol. The Bertz CT molecular complexity index is 607. The van der Waals surface area contributed by atoms with E-state index in [4.69, 9.17) is 5.26 Å². The van der Waals surface area contributed by atoms with Gasteiger partial charge in [-0.1, -0.05) is 13.0 Å². The molecule has 0 unspecified atom stereocenters. The molecule has 1 aliphatic rings. The maximum atomic E-state index is 12.4. The molecule has 6 heteroatoms. The fraction of sp³-hybridized carbons (Fsp3) is 0.462. The fourth-order valence-electron chi connectivity index (χ4n) is 2.30. The van der Waals surface area contributed by atoms with Gasteiger partial charge in [0.05, 0.1) is 16.5 Å². The van der Waals surface area contributed by atoms with Gasteiger partial charge in [0.25, 0.3) is 0 Å². The van der Waals surface area contributed by atoms with Gasteiger partial charge in [-0.25, -0.2) is 8.42 Å². The van der Waals surface area contributed by atoms with Crippen molar-refractivity contribution in [3.05, 3.63) is 29.8 Å². The lowest BCUT2D eigenvalue weighted by Crippen LogP contribution is -2.29. The van der Waals surface area contributed by atoms with Gasteiger partial charge in [0.2, 0.25) is 10.0 Å². The highest BCUT2D eigenvalue weighted by molar-refractivity contribution is 7.89. The molecule has 0 amide bonds. The van der Waals surface area contributed by atoms with E-state index in [1.807, 2.05) is 13.0 Å². The van der Waals surface area contributed by atoms with Crippen LogP contribution in [0.1, 0.15) is 12.5 Å². The SMILES string of the molecule is C[C@@H]1CN(S(=O)(=O)c2cccc(C#N)c2)C[C@H]1CO. The summed E-state index contributed by atoms with van der Waals surface area (Å²) in [5.74, 6) is 0.118. The van der Waals surface area contributed by atoms with Gasteiger partial charge < -0.3 is 5.11 Å². The standard InChI is InChI=1S/C13H16N2O3S/c1-10-7-15(8-12(10)9-16)19(17,18)13-4-2-3-11(5-13)6-14/h2-5,10,12,16H,7-9H2,1H3/t10-,12+/m1/s1. The number of benzene rings is 1. The van der Waals surface area contributed by atoms with E-state index in [-0.39, 0.29) is 23.3 Å². The van der Waals surface area contributed by atoms with Gasteiger partial charge in [-0.3, -0.25) is 0 Å². The third kappa shape index (κ3) is 2.63. The van der Waals surface area contributed by atoms with Crippen molar-refractivity contribution in [1.82, 2.24) is 4.31 Å². The molecule has 102 valence electrons. The van der Waals surface area contributed by atoms with E-state index < -0.39 is 10.0 Å². The lowest BCUT2D eigenvalue weighted by molar-refractivity contribution is 0.210. The van der Waals surface area contributed by atoms with Crippen LogP contribution in [0.3, 0.4) is 0 Å². The molecule has 1 aromatic carbocycles. The summed E-state index contributed by atoms with van der Waals surface area (Å²) in [6.07, 6.45) is 0. The maximum Gasteiger partial charge on any atom is 0.243 e. The first kappa shape index (κ1) is 14.0. The molecule has 0 bridgehead atoms. The highest BCUT2D eigenvalue weighted by Crippen LogP contribution is 2.28. The van der Waals surface area contributed by atoms with Crippen LogP contribution >= 0.6 is 0 Å². The van der Waals surface area contributed by atoms with Crippen molar-refractivity contribution in [2.24, 2.45) is 11.8 Å². The Hall–Kier alpha value is -1.42. The number of hydrogen-bond acceptors (Lipinski definition) is 4. The molecule has 0 radical (unpaired) electrons. The molecular weight excluding hydrogens is 264 g/mol. The summed E-state index contributed by atoms with van der Waals surface area (Å²) in [6.45, 7) is 2.66. The number of nitrogens with zero attached hydrogens (tertiary/aromatic N) is 2. The van der Waals surface area contributed by atoms with E-state index in [1.54, 1.807) is 12.1 Å². The summed E-state index contributed by atoms with van der Waals surface area (Å²) in [6, 6.07) is 7.95. The highest BCUT2D eigenvalue weighted by atomic mass is 32.2. The largest absolute Gasteiger partial charge is 0.396 e. The Morgan fingerprint density at radius 2 is 2.21 bits per heavy atom. The minimum Gasteiger partial charge on any atom is -0.396 e. The molecule has 1 saturated heterocycles. The van der Waals surface area contributed by atoms with Crippen molar-refractivity contribution in [2.45, 2.75) is 11.8 Å². The van der Waals surface area contributed by atoms with Crippen molar-refractivity contribution in [1.29, 1.82) is 5.26 Å². The van der Waals surface area contributed by atoms with Crippen LogP contribution in [0, 0.1) is 23.2 Å². The number of aliphatic hydroxyl groups excluding tert-OH is 1. The normalized spacial score (nSPS) is 24.3. The monoisotopic (exact) mass is 280 g/mol. The zero-order chi connectivity index (χ0) is 14.0. The molecule has 1 N–H and O–H groups in total. The molecule has 1 heterocycles. The molecule has 1 aliphatic heterocycles. The molecule has 0 saturated carbocycles. The van der Waals surface area contributed by atoms with E-state index in [1.165, 1.54) is 16.4 Å². The van der Waals surface area contributed by atoms with Crippen LogP contribution in [0.4, 0.5) is 0 Å². The Balaban J connectivity index is 2.31. The molecule has 0 aliphatic carbocycles. The van der Waals surface area contributed by atoms with Gasteiger partial charge >= 0.3 is 0 Å². The second-order valence-electron chi connectivity index (χ2n) is 4.88. The van der Waals surface area contributed by atoms with E-state index >= 15 is 0 Å². The molecule has 0 spiro atoms. The Morgan fingerprint density at radius 1 is 1.47 bits per heavy atom. The molecule has 5 nitrogen and oxygen atoms in total. The van der Waals surface area contributed by atoms with Gasteiger partial charge in [0.1, 0.15) is 0 Å². The maximum absolute atomic E-state index is 12.4. The Labute approximate surface area is 113 Å². The summed E-state index contributed by atoms with van der Waals surface area (Å²) in [7, 11) is -3.58. The van der Waals surface area contributed by atoms with Crippen LogP contribution in [0.15, 0.2) is 29.2 Å². The van der Waals surface area contributed by atoms with Gasteiger partial charge in [-0.2, -0.15) is 9.57 Å². The lowest BCUT2D eigenvalue weighted by Gasteiger charge is -2.16. The van der Waals surface area contributed by atoms with Crippen LogP contribution in [0.5, 0.6) is 0 Å². The number of rotatable bonds is 3. The summed E-state index contributed by atoms with van der Waals surface area (Å²) < 4.78 is 26.3. The predicted octanol–water partition coefficient (Wildman–Crippen LogP) is 0.807. The molecular formula is C13H16N2O3S. The number of sulfonamides is 1. The van der Waals surface area contributed by atoms with Crippen LogP contribution < -0.4 is 0 Å². The quantitative estimate of drug-likeness (QED) is 0.888. The van der Waals surface area contributed by atoms with Gasteiger partial charge in [0.15, 0.2) is 0 Å². The molecule has 1 fully saturated rings. The van der Waals surface area contributed by atoms with Crippen LogP contribution in [-0.2, 0) is 10.0 Å². The highest BCUT2D eigenvalue weighted by Gasteiger charge is 2.36. The van der Waals surface area contributed by atoms with Crippen molar-refractivity contribution >= 4 is 10.0 Å². The summed E-state index contributed by atoms with van der Waals surface area (Å²) >= 11 is 0. The Kier molecular flexibility index (Phi) is 3.90. The minimum absolute atomic E-state index is 0.00851. The smallest absolute Gasteiger partial charge is 0.243 e. The van der Waals surface area contributed by atoms with Gasteiger partial charge in [0, 0.05) is 19.7 Å². The third-order valence-corrected chi connectivity index (χ3v) is 5.40. The number of hydrogen-bond donors (Lipinski definition) is 1. The summed E-state index contributed by atoms with van der Waals surface area (Å²) in [4.78, 5) is 0.136. The second-order valence-corrected chi connectivity index (χ2v) is 6.82. The molecule has 1 aromatic rings. The van der Waals surface area contributed by atoms with Crippen LogP contribution in [0.25, 0.3) is 0 Å². The zero-order valence-electron chi connectivity index (χ0n) is 10.7. The molecule has 2 rings (SSSR count). The average Bonchev–Trinajstić information content (AvgIpc) is 2.80. The molecule has 0 aromatic heterocycles. The van der Waals surface area contributed by atoms with Gasteiger partial charge in [-0.15, -0.1) is 0 Å². The van der Waals surface area contributed by atoms with Gasteiger partial charge in [-0.05, 0) is 30.0 Å².